The molecular formula is C13H18N2O4. The van der Waals surface area contributed by atoms with Crippen molar-refractivity contribution in [2.75, 3.05) is 0 Å². The molecule has 19 heavy (non-hydrogen) atoms. The third-order valence-electron chi connectivity index (χ3n) is 1.40. The van der Waals surface area contributed by atoms with Crippen LogP contribution in [-0.2, 0) is 14.4 Å². The molecule has 104 valence electrons. The number of aryl methyl sites for hydroxylation is 1. The number of carbonyl (C=O) groups is 1. The predicted molar refractivity (Wildman–Crippen MR) is 70.5 cm³/mol. The number of rotatable bonds is 2. The minimum absolute atomic E-state index is 0.292. The van der Waals surface area contributed by atoms with E-state index in [9.17, 15) is 4.79 Å². The van der Waals surface area contributed by atoms with Gasteiger partial charge in [-0.1, -0.05) is 42.8 Å². The first-order valence-electron chi connectivity index (χ1n) is 5.31. The van der Waals surface area contributed by atoms with Gasteiger partial charge in [0.15, 0.2) is 0 Å². The van der Waals surface area contributed by atoms with Gasteiger partial charge in [0.05, 0.1) is 0 Å². The minimum Gasteiger partial charge on any atom is -0.481 e. The van der Waals surface area contributed by atoms with Gasteiger partial charge in [-0.05, 0) is 13.3 Å². The quantitative estimate of drug-likeness (QED) is 0.563. The molecule has 1 aromatic rings. The van der Waals surface area contributed by atoms with Crippen LogP contribution in [0, 0.1) is 17.7 Å². The maximum Gasteiger partial charge on any atom is 0.303 e. The molecule has 0 spiro atoms. The lowest BCUT2D eigenvalue weighted by Gasteiger charge is -1.82. The van der Waals surface area contributed by atoms with Crippen molar-refractivity contribution >= 4 is 18.1 Å². The van der Waals surface area contributed by atoms with Crippen molar-refractivity contribution in [1.29, 1.82) is 10.8 Å². The average molecular weight is 266 g/mol. The predicted octanol–water partition coefficient (Wildman–Crippen LogP) is 2.67. The van der Waals surface area contributed by atoms with Gasteiger partial charge in [-0.3, -0.25) is 4.79 Å². The maximum absolute atomic E-state index is 9.60. The highest BCUT2D eigenvalue weighted by Crippen LogP contribution is 1.92. The summed E-state index contributed by atoms with van der Waals surface area (Å²) in [5.74, 6) is -0.711. The minimum atomic E-state index is -0.711. The smallest absolute Gasteiger partial charge is 0.303 e. The van der Waals surface area contributed by atoms with Crippen molar-refractivity contribution in [2.45, 2.75) is 26.7 Å². The Morgan fingerprint density at radius 2 is 1.53 bits per heavy atom. The Morgan fingerprint density at radius 1 is 1.16 bits per heavy atom. The molecule has 0 atom stereocenters. The lowest BCUT2D eigenvalue weighted by Crippen LogP contribution is -1.90. The normalized spacial score (nSPS) is 6.63. The number of aliphatic carboxylic acids is 1. The number of benzene rings is 1. The van der Waals surface area contributed by atoms with Gasteiger partial charge in [-0.15, -0.1) is 0 Å². The molecule has 0 heterocycles. The number of carboxylic acids is 1. The third kappa shape index (κ3) is 39.1. The van der Waals surface area contributed by atoms with E-state index < -0.39 is 5.97 Å². The topological polar surface area (TPSA) is 119 Å². The van der Waals surface area contributed by atoms with Crippen LogP contribution in [0.5, 0.6) is 0 Å². The first-order valence-corrected chi connectivity index (χ1v) is 5.31. The highest BCUT2D eigenvalue weighted by atomic mass is 16.4. The summed E-state index contributed by atoms with van der Waals surface area (Å²) in [6.07, 6.45) is 2.52. The Hall–Kier alpha value is -2.55. The standard InChI is InChI=1S/C7H8.C4H8O2.2CHNO/c1-7-5-3-2-4-6-7;1-2-3-4(5)6;2*2-1-3/h2-6H,1H3;2-3H2,1H3,(H,5,6);2*2H. The lowest BCUT2D eigenvalue weighted by molar-refractivity contribution is -0.137. The summed E-state index contributed by atoms with van der Waals surface area (Å²) in [4.78, 5) is 26.3. The van der Waals surface area contributed by atoms with E-state index in [0.717, 1.165) is 18.6 Å². The van der Waals surface area contributed by atoms with Crippen molar-refractivity contribution in [3.8, 4) is 0 Å². The molecule has 6 heteroatoms. The molecule has 1 rings (SSSR count). The second-order valence-corrected chi connectivity index (χ2v) is 3.00. The molecule has 6 nitrogen and oxygen atoms in total. The fourth-order valence-corrected chi connectivity index (χ4v) is 0.748. The summed E-state index contributed by atoms with van der Waals surface area (Å²) in [6.45, 7) is 3.92. The van der Waals surface area contributed by atoms with Crippen LogP contribution in [-0.4, -0.2) is 23.2 Å². The Kier molecular flexibility index (Phi) is 23.8. The van der Waals surface area contributed by atoms with Crippen LogP contribution < -0.4 is 0 Å². The number of nitrogens with one attached hydrogen (secondary N) is 2. The van der Waals surface area contributed by atoms with Crippen LogP contribution >= 0.6 is 0 Å². The molecule has 0 radical (unpaired) electrons. The molecule has 1 aromatic carbocycles. The monoisotopic (exact) mass is 266 g/mol. The van der Waals surface area contributed by atoms with Crippen LogP contribution in [0.2, 0.25) is 0 Å². The average Bonchev–Trinajstić information content (AvgIpc) is 2.32. The molecule has 3 N–H and O–H groups in total. The van der Waals surface area contributed by atoms with E-state index in [2.05, 4.69) is 19.1 Å². The van der Waals surface area contributed by atoms with Crippen LogP contribution in [0.4, 0.5) is 0 Å². The Balaban J connectivity index is -0.000000195. The van der Waals surface area contributed by atoms with Gasteiger partial charge in [0.25, 0.3) is 0 Å². The zero-order valence-corrected chi connectivity index (χ0v) is 11.0. The van der Waals surface area contributed by atoms with Gasteiger partial charge in [0.2, 0.25) is 12.2 Å². The van der Waals surface area contributed by atoms with Crippen molar-refractivity contribution in [3.05, 3.63) is 35.9 Å². The fourth-order valence-electron chi connectivity index (χ4n) is 0.748. The van der Waals surface area contributed by atoms with E-state index in [1.54, 1.807) is 0 Å². The fraction of sp³-hybridized carbons (Fsp3) is 0.308. The van der Waals surface area contributed by atoms with E-state index in [0.29, 0.717) is 6.42 Å². The van der Waals surface area contributed by atoms with Gasteiger partial charge in [0, 0.05) is 6.42 Å². The summed E-state index contributed by atoms with van der Waals surface area (Å²) >= 11 is 0. The Bertz CT molecular complexity index is 367. The van der Waals surface area contributed by atoms with Gasteiger partial charge in [-0.2, -0.15) is 0 Å². The molecule has 0 unspecified atom stereocenters. The molecule has 0 aromatic heterocycles. The van der Waals surface area contributed by atoms with E-state index >= 15 is 0 Å². The molecule has 0 saturated heterocycles. The molecule has 0 fully saturated rings. The van der Waals surface area contributed by atoms with E-state index in [1.807, 2.05) is 25.1 Å². The molecule has 0 bridgehead atoms. The Labute approximate surface area is 112 Å². The highest BCUT2D eigenvalue weighted by Gasteiger charge is 1.87. The van der Waals surface area contributed by atoms with Gasteiger partial charge in [0.1, 0.15) is 0 Å². The molecule has 0 aliphatic rings. The largest absolute Gasteiger partial charge is 0.481 e. The lowest BCUT2D eigenvalue weighted by atomic mass is 10.2. The highest BCUT2D eigenvalue weighted by molar-refractivity contribution is 5.66. The second kappa shape index (κ2) is 20.8. The number of carboxylic acid groups (broad SMARTS) is 1. The summed E-state index contributed by atoms with van der Waals surface area (Å²) < 4.78 is 0. The zero-order chi connectivity index (χ0) is 15.5. The molecule has 0 saturated carbocycles. The number of isocyanates is 2. The maximum atomic E-state index is 9.60. The van der Waals surface area contributed by atoms with Crippen molar-refractivity contribution in [3.63, 3.8) is 0 Å². The van der Waals surface area contributed by atoms with Gasteiger partial charge < -0.3 is 5.11 Å². The summed E-state index contributed by atoms with van der Waals surface area (Å²) in [7, 11) is 0. The van der Waals surface area contributed by atoms with Gasteiger partial charge >= 0.3 is 5.97 Å². The van der Waals surface area contributed by atoms with Crippen molar-refractivity contribution in [2.24, 2.45) is 0 Å². The van der Waals surface area contributed by atoms with E-state index in [4.69, 9.17) is 25.5 Å². The van der Waals surface area contributed by atoms with Crippen molar-refractivity contribution < 1.29 is 19.5 Å². The van der Waals surface area contributed by atoms with E-state index in [1.165, 1.54) is 5.56 Å². The number of hydrogen-bond acceptors (Lipinski definition) is 5. The molecular weight excluding hydrogens is 248 g/mol. The van der Waals surface area contributed by atoms with Crippen LogP contribution in [0.1, 0.15) is 25.3 Å². The first-order chi connectivity index (χ1) is 8.99. The van der Waals surface area contributed by atoms with Crippen LogP contribution in [0.15, 0.2) is 30.3 Å². The first kappa shape index (κ1) is 21.7. The summed E-state index contributed by atoms with van der Waals surface area (Å²) in [6, 6.07) is 10.3. The van der Waals surface area contributed by atoms with Crippen molar-refractivity contribution in [1.82, 2.24) is 0 Å². The SMILES string of the molecule is CCCC(=O)O.Cc1ccccc1.N=C=O.N=C=O. The molecule has 0 amide bonds. The second-order valence-electron chi connectivity index (χ2n) is 3.00. The van der Waals surface area contributed by atoms with E-state index in [-0.39, 0.29) is 0 Å². The summed E-state index contributed by atoms with van der Waals surface area (Å²) in [5, 5.41) is 18.7. The van der Waals surface area contributed by atoms with Crippen LogP contribution in [0.25, 0.3) is 0 Å². The molecule has 0 aliphatic heterocycles. The zero-order valence-electron chi connectivity index (χ0n) is 11.0. The Morgan fingerprint density at radius 3 is 1.63 bits per heavy atom. The van der Waals surface area contributed by atoms with Crippen LogP contribution in [0.3, 0.4) is 0 Å². The number of hydrogen-bond donors (Lipinski definition) is 3. The summed E-state index contributed by atoms with van der Waals surface area (Å²) in [5.41, 5.74) is 1.32. The van der Waals surface area contributed by atoms with Gasteiger partial charge in [-0.25, -0.2) is 20.4 Å². The molecule has 0 aliphatic carbocycles. The third-order valence-corrected chi connectivity index (χ3v) is 1.40. The number of carbonyl (C=O) groups excluding carboxylic acids is 2.